The van der Waals surface area contributed by atoms with E-state index in [1.54, 1.807) is 0 Å². The van der Waals surface area contributed by atoms with Crippen LogP contribution in [0.3, 0.4) is 0 Å². The lowest BCUT2D eigenvalue weighted by Crippen LogP contribution is -2.41. The molecule has 1 fully saturated rings. The van der Waals surface area contributed by atoms with E-state index < -0.39 is 0 Å². The molecule has 0 atom stereocenters. The Morgan fingerprint density at radius 2 is 1.35 bits per heavy atom. The molecule has 2 aromatic rings. The van der Waals surface area contributed by atoms with Crippen molar-refractivity contribution >= 4 is 12.6 Å². The van der Waals surface area contributed by atoms with E-state index in [4.69, 9.17) is 9.31 Å². The standard InChI is InChI=1S/C20H25BO2/c1-14-7-9-16(10-8-14)18-12-11-17(13-15(18)2)21-22-19(3,4)20(5,6)23-21/h7-13H,1-6H3. The monoisotopic (exact) mass is 308 g/mol. The van der Waals surface area contributed by atoms with Crippen molar-refractivity contribution in [3.8, 4) is 11.1 Å². The van der Waals surface area contributed by atoms with Crippen molar-refractivity contribution in [2.45, 2.75) is 52.7 Å². The van der Waals surface area contributed by atoms with E-state index in [0.717, 1.165) is 5.46 Å². The van der Waals surface area contributed by atoms with Gasteiger partial charge in [-0.1, -0.05) is 48.0 Å². The van der Waals surface area contributed by atoms with E-state index in [9.17, 15) is 0 Å². The van der Waals surface area contributed by atoms with Gasteiger partial charge in [-0.15, -0.1) is 0 Å². The summed E-state index contributed by atoms with van der Waals surface area (Å²) >= 11 is 0. The van der Waals surface area contributed by atoms with Crippen LogP contribution in [0.2, 0.25) is 0 Å². The van der Waals surface area contributed by atoms with Gasteiger partial charge >= 0.3 is 7.12 Å². The molecule has 2 nitrogen and oxygen atoms in total. The number of hydrogen-bond acceptors (Lipinski definition) is 2. The predicted molar refractivity (Wildman–Crippen MR) is 97.1 cm³/mol. The van der Waals surface area contributed by atoms with E-state index in [1.807, 2.05) is 0 Å². The first-order valence-corrected chi connectivity index (χ1v) is 8.23. The van der Waals surface area contributed by atoms with Crippen LogP contribution in [-0.2, 0) is 9.31 Å². The average molecular weight is 308 g/mol. The first-order valence-electron chi connectivity index (χ1n) is 8.23. The zero-order valence-electron chi connectivity index (χ0n) is 14.9. The molecule has 0 saturated carbocycles. The van der Waals surface area contributed by atoms with Crippen LogP contribution in [0.4, 0.5) is 0 Å². The van der Waals surface area contributed by atoms with Gasteiger partial charge in [-0.2, -0.15) is 0 Å². The largest absolute Gasteiger partial charge is 0.494 e. The van der Waals surface area contributed by atoms with Crippen molar-refractivity contribution in [2.24, 2.45) is 0 Å². The fraction of sp³-hybridized carbons (Fsp3) is 0.400. The molecule has 0 aromatic heterocycles. The van der Waals surface area contributed by atoms with Crippen molar-refractivity contribution in [3.63, 3.8) is 0 Å². The van der Waals surface area contributed by atoms with Gasteiger partial charge in [-0.05, 0) is 63.7 Å². The van der Waals surface area contributed by atoms with Crippen LogP contribution in [0.15, 0.2) is 42.5 Å². The molecule has 0 aliphatic carbocycles. The second-order valence-corrected chi connectivity index (χ2v) is 7.53. The van der Waals surface area contributed by atoms with Crippen molar-refractivity contribution in [2.75, 3.05) is 0 Å². The molecule has 2 aromatic carbocycles. The first-order chi connectivity index (χ1) is 10.7. The molecule has 0 amide bonds. The molecular formula is C20H25BO2. The van der Waals surface area contributed by atoms with Crippen LogP contribution >= 0.6 is 0 Å². The summed E-state index contributed by atoms with van der Waals surface area (Å²) in [5.74, 6) is 0. The van der Waals surface area contributed by atoms with Crippen LogP contribution in [-0.4, -0.2) is 18.3 Å². The highest BCUT2D eigenvalue weighted by Crippen LogP contribution is 2.36. The third-order valence-electron chi connectivity index (χ3n) is 5.14. The Morgan fingerprint density at radius 3 is 1.87 bits per heavy atom. The molecule has 3 rings (SSSR count). The zero-order valence-corrected chi connectivity index (χ0v) is 14.9. The van der Waals surface area contributed by atoms with E-state index in [0.29, 0.717) is 0 Å². The van der Waals surface area contributed by atoms with E-state index >= 15 is 0 Å². The maximum atomic E-state index is 6.14. The Balaban J connectivity index is 1.90. The molecule has 0 unspecified atom stereocenters. The van der Waals surface area contributed by atoms with Gasteiger partial charge in [-0.25, -0.2) is 0 Å². The predicted octanol–water partition coefficient (Wildman–Crippen LogP) is 4.27. The van der Waals surface area contributed by atoms with Gasteiger partial charge in [0.05, 0.1) is 11.2 Å². The van der Waals surface area contributed by atoms with Gasteiger partial charge in [0.2, 0.25) is 0 Å². The molecule has 120 valence electrons. The normalized spacial score (nSPS) is 19.1. The molecule has 0 bridgehead atoms. The smallest absolute Gasteiger partial charge is 0.399 e. The van der Waals surface area contributed by atoms with Crippen molar-refractivity contribution in [3.05, 3.63) is 53.6 Å². The summed E-state index contributed by atoms with van der Waals surface area (Å²) in [4.78, 5) is 0. The minimum absolute atomic E-state index is 0.300. The van der Waals surface area contributed by atoms with Crippen molar-refractivity contribution < 1.29 is 9.31 Å². The van der Waals surface area contributed by atoms with Gasteiger partial charge in [0, 0.05) is 0 Å². The SMILES string of the molecule is Cc1ccc(-c2ccc(B3OC(C)(C)C(C)(C)O3)cc2C)cc1. The van der Waals surface area contributed by atoms with Gasteiger partial charge in [0.15, 0.2) is 0 Å². The third kappa shape index (κ3) is 2.96. The summed E-state index contributed by atoms with van der Waals surface area (Å²) in [7, 11) is -0.300. The quantitative estimate of drug-likeness (QED) is 0.771. The molecule has 1 aliphatic heterocycles. The lowest BCUT2D eigenvalue weighted by Gasteiger charge is -2.32. The van der Waals surface area contributed by atoms with Gasteiger partial charge in [0.25, 0.3) is 0 Å². The summed E-state index contributed by atoms with van der Waals surface area (Å²) in [5, 5.41) is 0. The van der Waals surface area contributed by atoms with E-state index in [-0.39, 0.29) is 18.3 Å². The van der Waals surface area contributed by atoms with Crippen molar-refractivity contribution in [1.82, 2.24) is 0 Å². The molecule has 23 heavy (non-hydrogen) atoms. The Hall–Kier alpha value is -1.58. The maximum absolute atomic E-state index is 6.14. The molecule has 0 radical (unpaired) electrons. The fourth-order valence-electron chi connectivity index (χ4n) is 2.87. The zero-order chi connectivity index (χ0) is 16.8. The minimum Gasteiger partial charge on any atom is -0.399 e. The second-order valence-electron chi connectivity index (χ2n) is 7.53. The summed E-state index contributed by atoms with van der Waals surface area (Å²) in [6, 6.07) is 15.1. The highest BCUT2D eigenvalue weighted by molar-refractivity contribution is 6.62. The van der Waals surface area contributed by atoms with Crippen LogP contribution in [0, 0.1) is 13.8 Å². The van der Waals surface area contributed by atoms with E-state index in [2.05, 4.69) is 84.0 Å². The highest BCUT2D eigenvalue weighted by atomic mass is 16.7. The van der Waals surface area contributed by atoms with Crippen LogP contribution < -0.4 is 5.46 Å². The molecule has 0 spiro atoms. The van der Waals surface area contributed by atoms with Gasteiger partial charge in [0.1, 0.15) is 0 Å². The van der Waals surface area contributed by atoms with Crippen LogP contribution in [0.25, 0.3) is 11.1 Å². The molecular weight excluding hydrogens is 283 g/mol. The third-order valence-corrected chi connectivity index (χ3v) is 5.14. The van der Waals surface area contributed by atoms with E-state index in [1.165, 1.54) is 22.3 Å². The number of hydrogen-bond donors (Lipinski definition) is 0. The topological polar surface area (TPSA) is 18.5 Å². The Bertz CT molecular complexity index is 701. The van der Waals surface area contributed by atoms with Crippen LogP contribution in [0.5, 0.6) is 0 Å². The number of aryl methyl sites for hydroxylation is 2. The number of benzene rings is 2. The maximum Gasteiger partial charge on any atom is 0.494 e. The first kappa shape index (κ1) is 16.3. The summed E-state index contributed by atoms with van der Waals surface area (Å²) in [5.41, 5.74) is 5.49. The second kappa shape index (κ2) is 5.50. The lowest BCUT2D eigenvalue weighted by molar-refractivity contribution is 0.00578. The fourth-order valence-corrected chi connectivity index (χ4v) is 2.87. The number of rotatable bonds is 2. The average Bonchev–Trinajstić information content (AvgIpc) is 2.68. The molecule has 1 aliphatic rings. The van der Waals surface area contributed by atoms with Crippen molar-refractivity contribution in [1.29, 1.82) is 0 Å². The van der Waals surface area contributed by atoms with Gasteiger partial charge in [-0.3, -0.25) is 0 Å². The minimum atomic E-state index is -0.304. The van der Waals surface area contributed by atoms with Gasteiger partial charge < -0.3 is 9.31 Å². The summed E-state index contributed by atoms with van der Waals surface area (Å²) in [6.45, 7) is 12.6. The molecule has 3 heteroatoms. The molecule has 1 saturated heterocycles. The Labute approximate surface area is 140 Å². The summed E-state index contributed by atoms with van der Waals surface area (Å²) < 4.78 is 12.3. The molecule has 0 N–H and O–H groups in total. The lowest BCUT2D eigenvalue weighted by atomic mass is 9.77. The highest BCUT2D eigenvalue weighted by Gasteiger charge is 2.51. The summed E-state index contributed by atoms with van der Waals surface area (Å²) in [6.07, 6.45) is 0. The molecule has 1 heterocycles. The Kier molecular flexibility index (Phi) is 3.90. The van der Waals surface area contributed by atoms with Crippen LogP contribution in [0.1, 0.15) is 38.8 Å². The Morgan fingerprint density at radius 1 is 0.783 bits per heavy atom.